The van der Waals surface area contributed by atoms with Gasteiger partial charge in [0, 0.05) is 6.54 Å². The highest BCUT2D eigenvalue weighted by molar-refractivity contribution is 5.46. The fourth-order valence-corrected chi connectivity index (χ4v) is 1.38. The van der Waals surface area contributed by atoms with Crippen molar-refractivity contribution < 1.29 is 4.79 Å². The van der Waals surface area contributed by atoms with Crippen LogP contribution in [0.5, 0.6) is 0 Å². The second-order valence-electron chi connectivity index (χ2n) is 3.44. The van der Waals surface area contributed by atoms with Crippen molar-refractivity contribution in [1.29, 1.82) is 0 Å². The predicted molar refractivity (Wildman–Crippen MR) is 61.4 cm³/mol. The Morgan fingerprint density at radius 2 is 1.87 bits per heavy atom. The summed E-state index contributed by atoms with van der Waals surface area (Å²) in [6.45, 7) is 3.12. The summed E-state index contributed by atoms with van der Waals surface area (Å²) in [6.07, 6.45) is 3.48. The van der Waals surface area contributed by atoms with E-state index in [9.17, 15) is 4.79 Å². The lowest BCUT2D eigenvalue weighted by molar-refractivity contribution is -0.109. The molecule has 82 valence electrons. The van der Waals surface area contributed by atoms with Crippen LogP contribution in [-0.4, -0.2) is 19.5 Å². The summed E-state index contributed by atoms with van der Waals surface area (Å²) >= 11 is 0. The van der Waals surface area contributed by atoms with Crippen LogP contribution in [0, 0.1) is 0 Å². The highest BCUT2D eigenvalue weighted by atomic mass is 16.1. The molecule has 2 N–H and O–H groups in total. The second kappa shape index (κ2) is 8.00. The predicted octanol–water partition coefficient (Wildman–Crippen LogP) is 1.30. The Labute approximate surface area is 90.9 Å². The molecule has 2 rings (SSSR count). The van der Waals surface area contributed by atoms with Crippen LogP contribution in [0.1, 0.15) is 18.4 Å². The average molecular weight is 206 g/mol. The largest absolute Gasteiger partial charge is 0.355 e. The highest BCUT2D eigenvalue weighted by Crippen LogP contribution is 1.95. The molecule has 1 aliphatic rings. The first-order valence-corrected chi connectivity index (χ1v) is 5.35. The number of hydrogen-bond donors (Lipinski definition) is 2. The number of hydrogen-bond acceptors (Lipinski definition) is 2. The Kier molecular flexibility index (Phi) is 6.25. The van der Waals surface area contributed by atoms with Crippen LogP contribution in [-0.2, 0) is 11.3 Å². The molecule has 0 bridgehead atoms. The lowest BCUT2D eigenvalue weighted by Crippen LogP contribution is -2.09. The molecule has 0 saturated carbocycles. The molecule has 15 heavy (non-hydrogen) atoms. The van der Waals surface area contributed by atoms with E-state index in [-0.39, 0.29) is 0 Å². The van der Waals surface area contributed by atoms with E-state index in [1.165, 1.54) is 25.9 Å². The van der Waals surface area contributed by atoms with Gasteiger partial charge in [0.2, 0.25) is 6.41 Å². The van der Waals surface area contributed by atoms with Crippen molar-refractivity contribution in [3.8, 4) is 0 Å². The van der Waals surface area contributed by atoms with E-state index in [0.717, 1.165) is 5.56 Å². The van der Waals surface area contributed by atoms with Crippen molar-refractivity contribution in [2.75, 3.05) is 13.1 Å². The average Bonchev–Trinajstić information content (AvgIpc) is 2.86. The summed E-state index contributed by atoms with van der Waals surface area (Å²) in [5, 5.41) is 5.81. The standard InChI is InChI=1S/C8H9NO.C4H9N/c10-7-9-6-8-4-2-1-3-5-8;1-2-4-5-3-1/h1-5,7H,6H2,(H,9,10);5H,1-4H2. The van der Waals surface area contributed by atoms with Crippen molar-refractivity contribution in [1.82, 2.24) is 10.6 Å². The van der Waals surface area contributed by atoms with E-state index in [1.807, 2.05) is 30.3 Å². The zero-order valence-electron chi connectivity index (χ0n) is 8.91. The van der Waals surface area contributed by atoms with Crippen molar-refractivity contribution in [2.24, 2.45) is 0 Å². The van der Waals surface area contributed by atoms with Gasteiger partial charge in [-0.25, -0.2) is 0 Å². The molecule has 1 heterocycles. The van der Waals surface area contributed by atoms with E-state index < -0.39 is 0 Å². The topological polar surface area (TPSA) is 41.1 Å². The zero-order valence-corrected chi connectivity index (χ0v) is 8.91. The van der Waals surface area contributed by atoms with Crippen molar-refractivity contribution in [3.63, 3.8) is 0 Å². The van der Waals surface area contributed by atoms with Gasteiger partial charge < -0.3 is 10.6 Å². The Morgan fingerprint density at radius 3 is 2.33 bits per heavy atom. The van der Waals surface area contributed by atoms with E-state index in [0.29, 0.717) is 13.0 Å². The lowest BCUT2D eigenvalue weighted by Gasteiger charge is -1.96. The van der Waals surface area contributed by atoms with Gasteiger partial charge in [0.05, 0.1) is 0 Å². The minimum Gasteiger partial charge on any atom is -0.355 e. The molecule has 1 aromatic carbocycles. The maximum Gasteiger partial charge on any atom is 0.207 e. The summed E-state index contributed by atoms with van der Waals surface area (Å²) in [6, 6.07) is 9.78. The van der Waals surface area contributed by atoms with Crippen LogP contribution < -0.4 is 10.6 Å². The van der Waals surface area contributed by atoms with Crippen LogP contribution in [0.15, 0.2) is 30.3 Å². The van der Waals surface area contributed by atoms with Crippen LogP contribution >= 0.6 is 0 Å². The van der Waals surface area contributed by atoms with Crippen LogP contribution in [0.2, 0.25) is 0 Å². The fourth-order valence-electron chi connectivity index (χ4n) is 1.38. The lowest BCUT2D eigenvalue weighted by atomic mass is 10.2. The molecule has 1 aromatic rings. The van der Waals surface area contributed by atoms with Gasteiger partial charge in [0.25, 0.3) is 0 Å². The van der Waals surface area contributed by atoms with Gasteiger partial charge in [-0.3, -0.25) is 4.79 Å². The monoisotopic (exact) mass is 206 g/mol. The van der Waals surface area contributed by atoms with Crippen molar-refractivity contribution in [2.45, 2.75) is 19.4 Å². The molecular weight excluding hydrogens is 188 g/mol. The minimum atomic E-state index is 0.615. The maximum atomic E-state index is 9.87. The molecular formula is C12H18N2O. The van der Waals surface area contributed by atoms with Gasteiger partial charge in [-0.2, -0.15) is 0 Å². The quantitative estimate of drug-likeness (QED) is 0.732. The van der Waals surface area contributed by atoms with Gasteiger partial charge in [-0.1, -0.05) is 30.3 Å². The third-order valence-corrected chi connectivity index (χ3v) is 2.19. The summed E-state index contributed by atoms with van der Waals surface area (Å²) < 4.78 is 0. The zero-order chi connectivity index (χ0) is 10.8. The van der Waals surface area contributed by atoms with Crippen LogP contribution in [0.25, 0.3) is 0 Å². The Bertz CT molecular complexity index is 250. The number of amides is 1. The number of carbonyl (C=O) groups excluding carboxylic acids is 1. The summed E-state index contributed by atoms with van der Waals surface area (Å²) in [4.78, 5) is 9.87. The summed E-state index contributed by atoms with van der Waals surface area (Å²) in [5.74, 6) is 0. The normalized spacial score (nSPS) is 13.9. The smallest absolute Gasteiger partial charge is 0.207 e. The molecule has 0 aromatic heterocycles. The third-order valence-electron chi connectivity index (χ3n) is 2.19. The van der Waals surface area contributed by atoms with E-state index >= 15 is 0 Å². The Hall–Kier alpha value is -1.35. The molecule has 1 aliphatic heterocycles. The molecule has 1 fully saturated rings. The van der Waals surface area contributed by atoms with E-state index in [1.54, 1.807) is 0 Å². The first kappa shape index (κ1) is 11.7. The number of nitrogens with one attached hydrogen (secondary N) is 2. The molecule has 0 spiro atoms. The highest BCUT2D eigenvalue weighted by Gasteiger charge is 1.93. The second-order valence-corrected chi connectivity index (χ2v) is 3.44. The maximum absolute atomic E-state index is 9.87. The molecule has 3 heteroatoms. The minimum absolute atomic E-state index is 0.615. The van der Waals surface area contributed by atoms with Gasteiger partial charge >= 0.3 is 0 Å². The molecule has 3 nitrogen and oxygen atoms in total. The Morgan fingerprint density at radius 1 is 1.20 bits per heavy atom. The number of carbonyl (C=O) groups is 1. The van der Waals surface area contributed by atoms with E-state index in [4.69, 9.17) is 0 Å². The first-order chi connectivity index (χ1) is 7.43. The molecule has 1 amide bonds. The Balaban J connectivity index is 0.000000187. The van der Waals surface area contributed by atoms with E-state index in [2.05, 4.69) is 10.6 Å². The van der Waals surface area contributed by atoms with Crippen LogP contribution in [0.3, 0.4) is 0 Å². The number of benzene rings is 1. The van der Waals surface area contributed by atoms with Gasteiger partial charge in [0.15, 0.2) is 0 Å². The molecule has 1 saturated heterocycles. The number of rotatable bonds is 3. The van der Waals surface area contributed by atoms with Crippen molar-refractivity contribution >= 4 is 6.41 Å². The first-order valence-electron chi connectivity index (χ1n) is 5.35. The fraction of sp³-hybridized carbons (Fsp3) is 0.417. The van der Waals surface area contributed by atoms with Crippen LogP contribution in [0.4, 0.5) is 0 Å². The molecule has 0 aliphatic carbocycles. The van der Waals surface area contributed by atoms with Crippen molar-refractivity contribution in [3.05, 3.63) is 35.9 Å². The van der Waals surface area contributed by atoms with Gasteiger partial charge in [-0.15, -0.1) is 0 Å². The van der Waals surface area contributed by atoms with Gasteiger partial charge in [-0.05, 0) is 31.5 Å². The summed E-state index contributed by atoms with van der Waals surface area (Å²) in [7, 11) is 0. The summed E-state index contributed by atoms with van der Waals surface area (Å²) in [5.41, 5.74) is 1.12. The molecule has 0 atom stereocenters. The molecule has 0 unspecified atom stereocenters. The molecule has 0 radical (unpaired) electrons. The van der Waals surface area contributed by atoms with Gasteiger partial charge in [0.1, 0.15) is 0 Å². The third kappa shape index (κ3) is 5.86. The SMILES string of the molecule is C1CCNC1.O=CNCc1ccccc1.